The van der Waals surface area contributed by atoms with E-state index in [4.69, 9.17) is 16.7 Å². The predicted molar refractivity (Wildman–Crippen MR) is 51.5 cm³/mol. The summed E-state index contributed by atoms with van der Waals surface area (Å²) in [5.74, 6) is -1.07. The Labute approximate surface area is 84.2 Å². The minimum absolute atomic E-state index is 0.0226. The number of fused-ring (bicyclic) bond motifs is 1. The second-order valence-electron chi connectivity index (χ2n) is 2.69. The normalized spacial score (nSPS) is 10.4. The van der Waals surface area contributed by atoms with Crippen LogP contribution < -0.4 is 0 Å². The molecule has 1 N–H and O–H groups in total. The lowest BCUT2D eigenvalue weighted by Crippen LogP contribution is -1.99. The van der Waals surface area contributed by atoms with Crippen LogP contribution in [0.1, 0.15) is 10.5 Å². The second kappa shape index (κ2) is 3.23. The number of nitrogens with zero attached hydrogens (tertiary/aromatic N) is 2. The van der Waals surface area contributed by atoms with Crippen molar-refractivity contribution in [2.24, 2.45) is 0 Å². The molecule has 0 fully saturated rings. The molecule has 2 aromatic rings. The van der Waals surface area contributed by atoms with Crippen LogP contribution in [0.15, 0.2) is 24.5 Å². The highest BCUT2D eigenvalue weighted by Crippen LogP contribution is 2.19. The van der Waals surface area contributed by atoms with Crippen LogP contribution in [0.4, 0.5) is 0 Å². The van der Waals surface area contributed by atoms with Gasteiger partial charge in [0.25, 0.3) is 0 Å². The van der Waals surface area contributed by atoms with E-state index in [-0.39, 0.29) is 5.69 Å². The molecule has 14 heavy (non-hydrogen) atoms. The number of carbonyl (C=O) groups is 1. The van der Waals surface area contributed by atoms with Gasteiger partial charge in [-0.05, 0) is 12.1 Å². The molecule has 0 amide bonds. The molecule has 2 rings (SSSR count). The van der Waals surface area contributed by atoms with Gasteiger partial charge in [0.1, 0.15) is 5.69 Å². The van der Waals surface area contributed by atoms with E-state index in [2.05, 4.69) is 9.97 Å². The van der Waals surface area contributed by atoms with Crippen molar-refractivity contribution in [3.8, 4) is 0 Å². The molecule has 0 radical (unpaired) electrons. The number of hydrogen-bond acceptors (Lipinski definition) is 3. The van der Waals surface area contributed by atoms with Gasteiger partial charge in [0.2, 0.25) is 0 Å². The van der Waals surface area contributed by atoms with Crippen molar-refractivity contribution in [3.05, 3.63) is 35.2 Å². The van der Waals surface area contributed by atoms with Crippen LogP contribution in [-0.2, 0) is 0 Å². The molecule has 70 valence electrons. The van der Waals surface area contributed by atoms with Crippen molar-refractivity contribution in [1.82, 2.24) is 9.97 Å². The van der Waals surface area contributed by atoms with Crippen molar-refractivity contribution < 1.29 is 9.90 Å². The summed E-state index contributed by atoms with van der Waals surface area (Å²) in [6.45, 7) is 0. The number of halogens is 1. The maximum absolute atomic E-state index is 10.6. The van der Waals surface area contributed by atoms with Crippen molar-refractivity contribution in [2.45, 2.75) is 0 Å². The Kier molecular flexibility index (Phi) is 2.05. The van der Waals surface area contributed by atoms with E-state index in [1.807, 2.05) is 0 Å². The molecule has 0 aliphatic carbocycles. The van der Waals surface area contributed by atoms with Gasteiger partial charge >= 0.3 is 5.97 Å². The van der Waals surface area contributed by atoms with E-state index in [9.17, 15) is 4.79 Å². The first-order valence-electron chi connectivity index (χ1n) is 3.82. The summed E-state index contributed by atoms with van der Waals surface area (Å²) in [5.41, 5.74) is 0.437. The maximum atomic E-state index is 10.6. The standard InChI is InChI=1S/C9H5ClN2O2/c10-6-4-11-3-5-1-2-7(9(13)14)12-8(5)6/h1-4H,(H,13,14). The highest BCUT2D eigenvalue weighted by molar-refractivity contribution is 6.34. The summed E-state index contributed by atoms with van der Waals surface area (Å²) in [6, 6.07) is 3.05. The van der Waals surface area contributed by atoms with Crippen LogP contribution in [0.2, 0.25) is 5.02 Å². The van der Waals surface area contributed by atoms with Gasteiger partial charge in [-0.1, -0.05) is 11.6 Å². The largest absolute Gasteiger partial charge is 0.477 e. The first-order valence-corrected chi connectivity index (χ1v) is 4.20. The third-order valence-electron chi connectivity index (χ3n) is 1.77. The zero-order valence-corrected chi connectivity index (χ0v) is 7.69. The summed E-state index contributed by atoms with van der Waals surface area (Å²) in [7, 11) is 0. The lowest BCUT2D eigenvalue weighted by atomic mass is 10.2. The molecule has 0 atom stereocenters. The zero-order valence-electron chi connectivity index (χ0n) is 6.94. The lowest BCUT2D eigenvalue weighted by Gasteiger charge is -1.99. The Balaban J connectivity index is 2.76. The first kappa shape index (κ1) is 8.90. The van der Waals surface area contributed by atoms with Gasteiger partial charge in [-0.3, -0.25) is 4.98 Å². The summed E-state index contributed by atoms with van der Waals surface area (Å²) >= 11 is 5.82. The van der Waals surface area contributed by atoms with Gasteiger partial charge < -0.3 is 5.11 Å². The number of rotatable bonds is 1. The fraction of sp³-hybridized carbons (Fsp3) is 0. The molecule has 0 aliphatic heterocycles. The van der Waals surface area contributed by atoms with Crippen LogP contribution in [0.5, 0.6) is 0 Å². The Morgan fingerprint density at radius 1 is 1.36 bits per heavy atom. The molecule has 0 spiro atoms. The van der Waals surface area contributed by atoms with Crippen LogP contribution in [-0.4, -0.2) is 21.0 Å². The highest BCUT2D eigenvalue weighted by Gasteiger charge is 2.07. The van der Waals surface area contributed by atoms with Crippen molar-refractivity contribution in [2.75, 3.05) is 0 Å². The molecular formula is C9H5ClN2O2. The summed E-state index contributed by atoms with van der Waals surface area (Å²) < 4.78 is 0. The molecule has 2 heterocycles. The van der Waals surface area contributed by atoms with Crippen LogP contribution in [0, 0.1) is 0 Å². The monoisotopic (exact) mass is 208 g/mol. The van der Waals surface area contributed by atoms with Crippen LogP contribution >= 0.6 is 11.6 Å². The number of aromatic carboxylic acids is 1. The summed E-state index contributed by atoms with van der Waals surface area (Å²) in [6.07, 6.45) is 3.02. The van der Waals surface area contributed by atoms with Crippen molar-refractivity contribution in [3.63, 3.8) is 0 Å². The topological polar surface area (TPSA) is 63.1 Å². The quantitative estimate of drug-likeness (QED) is 0.779. The molecule has 5 heteroatoms. The van der Waals surface area contributed by atoms with Gasteiger partial charge in [-0.2, -0.15) is 0 Å². The molecular weight excluding hydrogens is 204 g/mol. The summed E-state index contributed by atoms with van der Waals surface area (Å²) in [4.78, 5) is 18.4. The number of aromatic nitrogens is 2. The van der Waals surface area contributed by atoms with Crippen LogP contribution in [0.3, 0.4) is 0 Å². The van der Waals surface area contributed by atoms with E-state index in [0.717, 1.165) is 5.39 Å². The first-order chi connectivity index (χ1) is 6.68. The average molecular weight is 209 g/mol. The summed E-state index contributed by atoms with van der Waals surface area (Å²) in [5, 5.41) is 9.79. The fourth-order valence-corrected chi connectivity index (χ4v) is 1.34. The van der Waals surface area contributed by atoms with E-state index in [1.165, 1.54) is 12.3 Å². The maximum Gasteiger partial charge on any atom is 0.354 e. The highest BCUT2D eigenvalue weighted by atomic mass is 35.5. The number of pyridine rings is 2. The van der Waals surface area contributed by atoms with Gasteiger partial charge in [-0.15, -0.1) is 0 Å². The second-order valence-corrected chi connectivity index (χ2v) is 3.10. The molecule has 4 nitrogen and oxygen atoms in total. The van der Waals surface area contributed by atoms with Gasteiger partial charge in [-0.25, -0.2) is 9.78 Å². The zero-order chi connectivity index (χ0) is 10.1. The minimum Gasteiger partial charge on any atom is -0.477 e. The van der Waals surface area contributed by atoms with Crippen LogP contribution in [0.25, 0.3) is 10.9 Å². The molecule has 0 unspecified atom stereocenters. The Morgan fingerprint density at radius 3 is 2.86 bits per heavy atom. The van der Waals surface area contributed by atoms with Crippen molar-refractivity contribution >= 4 is 28.5 Å². The van der Waals surface area contributed by atoms with E-state index >= 15 is 0 Å². The van der Waals surface area contributed by atoms with E-state index < -0.39 is 5.97 Å². The van der Waals surface area contributed by atoms with E-state index in [0.29, 0.717) is 10.5 Å². The molecule has 0 saturated heterocycles. The van der Waals surface area contributed by atoms with Gasteiger partial charge in [0.15, 0.2) is 0 Å². The third-order valence-corrected chi connectivity index (χ3v) is 2.05. The molecule has 2 aromatic heterocycles. The minimum atomic E-state index is -1.07. The Hall–Kier alpha value is -1.68. The van der Waals surface area contributed by atoms with Gasteiger partial charge in [0, 0.05) is 17.8 Å². The van der Waals surface area contributed by atoms with Gasteiger partial charge in [0.05, 0.1) is 10.5 Å². The third kappa shape index (κ3) is 1.40. The molecule has 0 aliphatic rings. The Bertz CT molecular complexity index is 513. The fourth-order valence-electron chi connectivity index (χ4n) is 1.13. The predicted octanol–water partition coefficient (Wildman–Crippen LogP) is 1.98. The van der Waals surface area contributed by atoms with E-state index in [1.54, 1.807) is 12.3 Å². The number of carboxylic acid groups (broad SMARTS) is 1. The molecule has 0 aromatic carbocycles. The smallest absolute Gasteiger partial charge is 0.354 e. The molecule has 0 bridgehead atoms. The SMILES string of the molecule is O=C(O)c1ccc2cncc(Cl)c2n1. The lowest BCUT2D eigenvalue weighted by molar-refractivity contribution is 0.0691. The number of carboxylic acids is 1. The average Bonchev–Trinajstić information content (AvgIpc) is 2.18. The Morgan fingerprint density at radius 2 is 2.14 bits per heavy atom. The van der Waals surface area contributed by atoms with Crippen molar-refractivity contribution in [1.29, 1.82) is 0 Å². The number of hydrogen-bond donors (Lipinski definition) is 1. The molecule has 0 saturated carbocycles.